The predicted molar refractivity (Wildman–Crippen MR) is 76.8 cm³/mol. The van der Waals surface area contributed by atoms with E-state index in [1.54, 1.807) is 18.1 Å². The van der Waals surface area contributed by atoms with Gasteiger partial charge in [-0.15, -0.1) is 6.58 Å². The summed E-state index contributed by atoms with van der Waals surface area (Å²) >= 11 is 0. The van der Waals surface area contributed by atoms with Crippen molar-refractivity contribution in [2.24, 2.45) is 5.73 Å². The first-order valence-electron chi connectivity index (χ1n) is 6.31. The molecule has 0 aliphatic rings. The zero-order valence-corrected chi connectivity index (χ0v) is 11.6. The van der Waals surface area contributed by atoms with Gasteiger partial charge in [0.05, 0.1) is 6.61 Å². The van der Waals surface area contributed by atoms with Crippen molar-refractivity contribution in [1.29, 1.82) is 0 Å². The molecule has 0 radical (unpaired) electrons. The van der Waals surface area contributed by atoms with Crippen molar-refractivity contribution in [1.82, 2.24) is 4.90 Å². The van der Waals surface area contributed by atoms with Crippen molar-refractivity contribution in [2.75, 3.05) is 26.8 Å². The summed E-state index contributed by atoms with van der Waals surface area (Å²) in [6, 6.07) is 7.04. The molecule has 1 atom stereocenters. The fourth-order valence-corrected chi connectivity index (χ4v) is 1.76. The van der Waals surface area contributed by atoms with Gasteiger partial charge in [0.1, 0.15) is 6.04 Å². The van der Waals surface area contributed by atoms with Gasteiger partial charge >= 0.3 is 0 Å². The standard InChI is InChI=1S/C15H22N2O2/c1-4-9-17(10-11-19-3)15(18)14(16)13-7-5-12(2)6-8-13/h4-8,14H,1,9-11,16H2,2-3H3. The Morgan fingerprint density at radius 2 is 2.11 bits per heavy atom. The molecule has 1 aromatic carbocycles. The minimum Gasteiger partial charge on any atom is -0.383 e. The van der Waals surface area contributed by atoms with E-state index in [0.717, 1.165) is 11.1 Å². The average molecular weight is 262 g/mol. The van der Waals surface area contributed by atoms with Crippen molar-refractivity contribution < 1.29 is 9.53 Å². The summed E-state index contributed by atoms with van der Waals surface area (Å²) in [5, 5.41) is 0. The molecule has 0 bridgehead atoms. The first-order chi connectivity index (χ1) is 9.10. The Bertz CT molecular complexity index is 415. The molecular weight excluding hydrogens is 240 g/mol. The fraction of sp³-hybridized carbons (Fsp3) is 0.400. The van der Waals surface area contributed by atoms with Gasteiger partial charge < -0.3 is 15.4 Å². The first-order valence-corrected chi connectivity index (χ1v) is 6.31. The zero-order valence-electron chi connectivity index (χ0n) is 11.6. The van der Waals surface area contributed by atoms with Crippen LogP contribution in [0, 0.1) is 6.92 Å². The number of hydrogen-bond acceptors (Lipinski definition) is 3. The molecule has 0 saturated carbocycles. The van der Waals surface area contributed by atoms with Gasteiger partial charge in [-0.3, -0.25) is 4.79 Å². The van der Waals surface area contributed by atoms with Crippen LogP contribution in [0.15, 0.2) is 36.9 Å². The topological polar surface area (TPSA) is 55.6 Å². The quantitative estimate of drug-likeness (QED) is 0.760. The van der Waals surface area contributed by atoms with Crippen LogP contribution in [0.4, 0.5) is 0 Å². The van der Waals surface area contributed by atoms with E-state index >= 15 is 0 Å². The Morgan fingerprint density at radius 3 is 2.63 bits per heavy atom. The van der Waals surface area contributed by atoms with Gasteiger partial charge in [-0.1, -0.05) is 35.9 Å². The molecule has 104 valence electrons. The molecule has 0 fully saturated rings. The minimum atomic E-state index is -0.641. The Hall–Kier alpha value is -1.65. The first kappa shape index (κ1) is 15.4. The number of aryl methyl sites for hydroxylation is 1. The number of nitrogens with two attached hydrogens (primary N) is 1. The van der Waals surface area contributed by atoms with Crippen LogP contribution in [0.1, 0.15) is 17.2 Å². The van der Waals surface area contributed by atoms with Crippen molar-refractivity contribution in [3.8, 4) is 0 Å². The molecule has 0 spiro atoms. The summed E-state index contributed by atoms with van der Waals surface area (Å²) in [4.78, 5) is 14.0. The summed E-state index contributed by atoms with van der Waals surface area (Å²) in [5.41, 5.74) is 7.99. The Balaban J connectivity index is 2.77. The molecular formula is C15H22N2O2. The van der Waals surface area contributed by atoms with E-state index in [-0.39, 0.29) is 5.91 Å². The maximum atomic E-state index is 12.3. The number of benzene rings is 1. The Kier molecular flexibility index (Phi) is 6.25. The van der Waals surface area contributed by atoms with Crippen molar-refractivity contribution >= 4 is 5.91 Å². The van der Waals surface area contributed by atoms with Crippen molar-refractivity contribution in [3.63, 3.8) is 0 Å². The molecule has 0 heterocycles. The average Bonchev–Trinajstić information content (AvgIpc) is 2.42. The van der Waals surface area contributed by atoms with Gasteiger partial charge in [-0.2, -0.15) is 0 Å². The lowest BCUT2D eigenvalue weighted by molar-refractivity contribution is -0.132. The molecule has 1 amide bonds. The Labute approximate surface area is 114 Å². The third-order valence-corrected chi connectivity index (χ3v) is 2.93. The van der Waals surface area contributed by atoms with Crippen LogP contribution in [0.2, 0.25) is 0 Å². The number of carbonyl (C=O) groups excluding carboxylic acids is 1. The normalized spacial score (nSPS) is 11.9. The van der Waals surface area contributed by atoms with E-state index in [1.165, 1.54) is 0 Å². The van der Waals surface area contributed by atoms with E-state index in [1.807, 2.05) is 31.2 Å². The highest BCUT2D eigenvalue weighted by Gasteiger charge is 2.21. The fourth-order valence-electron chi connectivity index (χ4n) is 1.76. The third kappa shape index (κ3) is 4.50. The van der Waals surface area contributed by atoms with Gasteiger partial charge in [0.25, 0.3) is 0 Å². The Morgan fingerprint density at radius 1 is 1.47 bits per heavy atom. The summed E-state index contributed by atoms with van der Waals surface area (Å²) in [5.74, 6) is -0.110. The number of ether oxygens (including phenoxy) is 1. The second-order valence-electron chi connectivity index (χ2n) is 4.45. The van der Waals surface area contributed by atoms with Gasteiger partial charge in [0.2, 0.25) is 5.91 Å². The molecule has 0 saturated heterocycles. The lowest BCUT2D eigenvalue weighted by Crippen LogP contribution is -2.40. The van der Waals surface area contributed by atoms with E-state index in [9.17, 15) is 4.79 Å². The molecule has 0 aromatic heterocycles. The van der Waals surface area contributed by atoms with Crippen LogP contribution in [0.5, 0.6) is 0 Å². The third-order valence-electron chi connectivity index (χ3n) is 2.93. The smallest absolute Gasteiger partial charge is 0.244 e. The molecule has 1 rings (SSSR count). The summed E-state index contributed by atoms with van der Waals surface area (Å²) in [6.45, 7) is 7.13. The minimum absolute atomic E-state index is 0.110. The molecule has 19 heavy (non-hydrogen) atoms. The highest BCUT2D eigenvalue weighted by molar-refractivity contribution is 5.83. The SMILES string of the molecule is C=CCN(CCOC)C(=O)C(N)c1ccc(C)cc1. The lowest BCUT2D eigenvalue weighted by atomic mass is 10.0. The molecule has 2 N–H and O–H groups in total. The predicted octanol–water partition coefficient (Wildman–Crippen LogP) is 1.66. The van der Waals surface area contributed by atoms with Crippen LogP contribution in [0.3, 0.4) is 0 Å². The lowest BCUT2D eigenvalue weighted by Gasteiger charge is -2.24. The highest BCUT2D eigenvalue weighted by atomic mass is 16.5. The van der Waals surface area contributed by atoms with E-state index in [4.69, 9.17) is 10.5 Å². The van der Waals surface area contributed by atoms with Crippen LogP contribution in [-0.2, 0) is 9.53 Å². The van der Waals surface area contributed by atoms with Gasteiger partial charge in [-0.05, 0) is 12.5 Å². The van der Waals surface area contributed by atoms with E-state index in [2.05, 4.69) is 6.58 Å². The second-order valence-corrected chi connectivity index (χ2v) is 4.45. The molecule has 4 heteroatoms. The zero-order chi connectivity index (χ0) is 14.3. The van der Waals surface area contributed by atoms with Crippen molar-refractivity contribution in [2.45, 2.75) is 13.0 Å². The van der Waals surface area contributed by atoms with Gasteiger partial charge in [-0.25, -0.2) is 0 Å². The number of carbonyl (C=O) groups is 1. The molecule has 1 aromatic rings. The molecule has 0 aliphatic carbocycles. The summed E-state index contributed by atoms with van der Waals surface area (Å²) in [7, 11) is 1.61. The molecule has 4 nitrogen and oxygen atoms in total. The summed E-state index contributed by atoms with van der Waals surface area (Å²) < 4.78 is 5.00. The molecule has 0 aliphatic heterocycles. The maximum absolute atomic E-state index is 12.3. The van der Waals surface area contributed by atoms with E-state index in [0.29, 0.717) is 19.7 Å². The summed E-state index contributed by atoms with van der Waals surface area (Å²) in [6.07, 6.45) is 1.69. The maximum Gasteiger partial charge on any atom is 0.244 e. The highest BCUT2D eigenvalue weighted by Crippen LogP contribution is 2.14. The van der Waals surface area contributed by atoms with Gasteiger partial charge in [0, 0.05) is 20.2 Å². The van der Waals surface area contributed by atoms with Gasteiger partial charge in [0.15, 0.2) is 0 Å². The number of amides is 1. The number of methoxy groups -OCH3 is 1. The van der Waals surface area contributed by atoms with Crippen LogP contribution < -0.4 is 5.73 Å². The monoisotopic (exact) mass is 262 g/mol. The van der Waals surface area contributed by atoms with Crippen LogP contribution in [-0.4, -0.2) is 37.6 Å². The van der Waals surface area contributed by atoms with Crippen molar-refractivity contribution in [3.05, 3.63) is 48.0 Å². The number of nitrogens with zero attached hydrogens (tertiary/aromatic N) is 1. The largest absolute Gasteiger partial charge is 0.383 e. The number of hydrogen-bond donors (Lipinski definition) is 1. The number of rotatable bonds is 7. The second kappa shape index (κ2) is 7.71. The van der Waals surface area contributed by atoms with Crippen LogP contribution in [0.25, 0.3) is 0 Å². The molecule has 1 unspecified atom stereocenters. The van der Waals surface area contributed by atoms with Crippen LogP contribution >= 0.6 is 0 Å². The van der Waals surface area contributed by atoms with E-state index < -0.39 is 6.04 Å².